The maximum Gasteiger partial charge on any atom is 0.232 e. The summed E-state index contributed by atoms with van der Waals surface area (Å²) < 4.78 is 0. The summed E-state index contributed by atoms with van der Waals surface area (Å²) in [6.45, 7) is 6.84. The normalized spacial score (nSPS) is 16.8. The summed E-state index contributed by atoms with van der Waals surface area (Å²) in [5.74, 6) is 0.0895. The van der Waals surface area contributed by atoms with Crippen molar-refractivity contribution >= 4 is 5.91 Å². The molecule has 0 atom stereocenters. The van der Waals surface area contributed by atoms with Crippen LogP contribution in [0, 0.1) is 6.92 Å². The number of benzene rings is 1. The molecule has 1 heterocycles. The molecule has 1 aliphatic rings. The molecule has 0 bridgehead atoms. The third-order valence-electron chi connectivity index (χ3n) is 3.46. The molecule has 0 radical (unpaired) electrons. The molecular weight excluding hydrogens is 214 g/mol. The number of aliphatic hydroxyl groups is 1. The highest BCUT2D eigenvalue weighted by atomic mass is 16.3. The van der Waals surface area contributed by atoms with Crippen LogP contribution in [0.5, 0.6) is 0 Å². The molecule has 1 fully saturated rings. The number of carbonyl (C=O) groups excluding carboxylic acids is 1. The molecule has 0 saturated carbocycles. The van der Waals surface area contributed by atoms with Crippen molar-refractivity contribution < 1.29 is 9.90 Å². The van der Waals surface area contributed by atoms with Crippen molar-refractivity contribution in [3.05, 3.63) is 35.4 Å². The number of likely N-dealkylation sites (tertiary alicyclic amines) is 1. The van der Waals surface area contributed by atoms with Crippen LogP contribution in [-0.4, -0.2) is 35.1 Å². The van der Waals surface area contributed by atoms with Gasteiger partial charge in [-0.2, -0.15) is 0 Å². The van der Waals surface area contributed by atoms with E-state index < -0.39 is 5.41 Å². The summed E-state index contributed by atoms with van der Waals surface area (Å²) in [4.78, 5) is 14.0. The SMILES string of the molecule is Cc1ccc(C(C)(C)C(=O)N2CC(O)C2)cc1. The van der Waals surface area contributed by atoms with Gasteiger partial charge in [-0.3, -0.25) is 4.79 Å². The molecule has 1 aromatic rings. The zero-order valence-electron chi connectivity index (χ0n) is 10.6. The summed E-state index contributed by atoms with van der Waals surface area (Å²) in [6, 6.07) is 8.05. The van der Waals surface area contributed by atoms with E-state index in [1.807, 2.05) is 45.0 Å². The van der Waals surface area contributed by atoms with Gasteiger partial charge in [0.25, 0.3) is 0 Å². The first kappa shape index (κ1) is 12.1. The van der Waals surface area contributed by atoms with E-state index in [-0.39, 0.29) is 12.0 Å². The highest BCUT2D eigenvalue weighted by Gasteiger charge is 2.38. The van der Waals surface area contributed by atoms with Crippen LogP contribution in [0.1, 0.15) is 25.0 Å². The van der Waals surface area contributed by atoms with Crippen LogP contribution in [0.15, 0.2) is 24.3 Å². The molecule has 0 unspecified atom stereocenters. The molecule has 1 amide bonds. The molecule has 92 valence electrons. The Morgan fingerprint density at radius 3 is 2.29 bits per heavy atom. The number of carbonyl (C=O) groups is 1. The Kier molecular flexibility index (Phi) is 2.96. The smallest absolute Gasteiger partial charge is 0.232 e. The van der Waals surface area contributed by atoms with Crippen LogP contribution in [0.25, 0.3) is 0 Å². The Balaban J connectivity index is 2.17. The molecule has 0 aromatic heterocycles. The Morgan fingerprint density at radius 1 is 1.29 bits per heavy atom. The molecule has 1 saturated heterocycles. The molecule has 1 N–H and O–H groups in total. The maximum atomic E-state index is 12.3. The highest BCUT2D eigenvalue weighted by Crippen LogP contribution is 2.28. The molecule has 1 aromatic carbocycles. The number of β-amino-alcohol motifs (C(OH)–C–C–N with tert-alkyl or cyclic N) is 1. The predicted molar refractivity (Wildman–Crippen MR) is 66.8 cm³/mol. The van der Waals surface area contributed by atoms with Crippen molar-refractivity contribution in [1.82, 2.24) is 4.90 Å². The van der Waals surface area contributed by atoms with E-state index in [2.05, 4.69) is 0 Å². The van der Waals surface area contributed by atoms with E-state index in [0.29, 0.717) is 13.1 Å². The number of amides is 1. The average molecular weight is 233 g/mol. The fourth-order valence-corrected chi connectivity index (χ4v) is 2.11. The van der Waals surface area contributed by atoms with Gasteiger partial charge in [0, 0.05) is 13.1 Å². The lowest BCUT2D eigenvalue weighted by molar-refractivity contribution is -0.146. The highest BCUT2D eigenvalue weighted by molar-refractivity contribution is 5.88. The maximum absolute atomic E-state index is 12.3. The first-order chi connectivity index (χ1) is 7.91. The van der Waals surface area contributed by atoms with Crippen molar-refractivity contribution in [3.63, 3.8) is 0 Å². The van der Waals surface area contributed by atoms with Gasteiger partial charge in [0.15, 0.2) is 0 Å². The standard InChI is InChI=1S/C14H19NO2/c1-10-4-6-11(7-5-10)14(2,3)13(17)15-8-12(16)9-15/h4-7,12,16H,8-9H2,1-3H3. The number of nitrogens with zero attached hydrogens (tertiary/aromatic N) is 1. The molecule has 2 rings (SSSR count). The van der Waals surface area contributed by atoms with Crippen LogP contribution in [0.2, 0.25) is 0 Å². The number of aliphatic hydroxyl groups excluding tert-OH is 1. The minimum absolute atomic E-state index is 0.0895. The average Bonchev–Trinajstić information content (AvgIpc) is 2.24. The predicted octanol–water partition coefficient (Wildman–Crippen LogP) is 1.48. The van der Waals surface area contributed by atoms with Gasteiger partial charge < -0.3 is 10.0 Å². The van der Waals surface area contributed by atoms with Crippen LogP contribution in [0.3, 0.4) is 0 Å². The summed E-state index contributed by atoms with van der Waals surface area (Å²) in [7, 11) is 0. The fraction of sp³-hybridized carbons (Fsp3) is 0.500. The topological polar surface area (TPSA) is 40.5 Å². The first-order valence-electron chi connectivity index (χ1n) is 5.96. The minimum atomic E-state index is -0.520. The number of aryl methyl sites for hydroxylation is 1. The van der Waals surface area contributed by atoms with E-state index in [9.17, 15) is 9.90 Å². The molecule has 1 aliphatic heterocycles. The van der Waals surface area contributed by atoms with Crippen LogP contribution in [-0.2, 0) is 10.2 Å². The second-order valence-corrected chi connectivity index (χ2v) is 5.35. The summed E-state index contributed by atoms with van der Waals surface area (Å²) in [5, 5.41) is 9.25. The van der Waals surface area contributed by atoms with Gasteiger partial charge in [-0.05, 0) is 26.3 Å². The van der Waals surface area contributed by atoms with Gasteiger partial charge in [0.05, 0.1) is 11.5 Å². The second-order valence-electron chi connectivity index (χ2n) is 5.35. The Labute approximate surface area is 102 Å². The summed E-state index contributed by atoms with van der Waals surface area (Å²) in [6.07, 6.45) is -0.340. The lowest BCUT2D eigenvalue weighted by Crippen LogP contribution is -2.57. The van der Waals surface area contributed by atoms with E-state index in [1.165, 1.54) is 5.56 Å². The lowest BCUT2D eigenvalue weighted by atomic mass is 9.82. The summed E-state index contributed by atoms with van der Waals surface area (Å²) in [5.41, 5.74) is 1.69. The van der Waals surface area contributed by atoms with Gasteiger partial charge in [-0.25, -0.2) is 0 Å². The summed E-state index contributed by atoms with van der Waals surface area (Å²) >= 11 is 0. The zero-order chi connectivity index (χ0) is 12.6. The van der Waals surface area contributed by atoms with Gasteiger partial charge in [0.1, 0.15) is 0 Å². The number of hydrogen-bond donors (Lipinski definition) is 1. The lowest BCUT2D eigenvalue weighted by Gasteiger charge is -2.41. The number of hydrogen-bond acceptors (Lipinski definition) is 2. The second kappa shape index (κ2) is 4.15. The Morgan fingerprint density at radius 2 is 1.82 bits per heavy atom. The van der Waals surface area contributed by atoms with Gasteiger partial charge in [-0.15, -0.1) is 0 Å². The van der Waals surface area contributed by atoms with Crippen molar-refractivity contribution in [3.8, 4) is 0 Å². The van der Waals surface area contributed by atoms with E-state index in [0.717, 1.165) is 5.56 Å². The Hall–Kier alpha value is -1.35. The van der Waals surface area contributed by atoms with Crippen molar-refractivity contribution in [2.24, 2.45) is 0 Å². The quantitative estimate of drug-likeness (QED) is 0.840. The molecular formula is C14H19NO2. The number of rotatable bonds is 2. The minimum Gasteiger partial charge on any atom is -0.389 e. The fourth-order valence-electron chi connectivity index (χ4n) is 2.11. The van der Waals surface area contributed by atoms with E-state index >= 15 is 0 Å². The van der Waals surface area contributed by atoms with Crippen LogP contribution >= 0.6 is 0 Å². The molecule has 0 spiro atoms. The monoisotopic (exact) mass is 233 g/mol. The first-order valence-corrected chi connectivity index (χ1v) is 5.96. The van der Waals surface area contributed by atoms with Gasteiger partial charge in [0.2, 0.25) is 5.91 Å². The largest absolute Gasteiger partial charge is 0.389 e. The van der Waals surface area contributed by atoms with Gasteiger partial charge in [-0.1, -0.05) is 29.8 Å². The van der Waals surface area contributed by atoms with Crippen LogP contribution < -0.4 is 0 Å². The van der Waals surface area contributed by atoms with Gasteiger partial charge >= 0.3 is 0 Å². The molecule has 17 heavy (non-hydrogen) atoms. The van der Waals surface area contributed by atoms with Crippen molar-refractivity contribution in [2.45, 2.75) is 32.3 Å². The molecule has 3 heteroatoms. The van der Waals surface area contributed by atoms with Crippen molar-refractivity contribution in [1.29, 1.82) is 0 Å². The van der Waals surface area contributed by atoms with Crippen LogP contribution in [0.4, 0.5) is 0 Å². The van der Waals surface area contributed by atoms with E-state index in [4.69, 9.17) is 0 Å². The third kappa shape index (κ3) is 2.20. The van der Waals surface area contributed by atoms with E-state index in [1.54, 1.807) is 4.90 Å². The molecule has 3 nitrogen and oxygen atoms in total. The Bertz CT molecular complexity index is 416. The zero-order valence-corrected chi connectivity index (χ0v) is 10.6. The van der Waals surface area contributed by atoms with Crippen molar-refractivity contribution in [2.75, 3.05) is 13.1 Å². The third-order valence-corrected chi connectivity index (χ3v) is 3.46. The molecule has 0 aliphatic carbocycles.